The van der Waals surface area contributed by atoms with Gasteiger partial charge in [-0.3, -0.25) is 10.1 Å². The van der Waals surface area contributed by atoms with E-state index in [4.69, 9.17) is 4.42 Å². The molecule has 0 amide bonds. The topological polar surface area (TPSA) is 97.0 Å². The number of hydrogen-bond acceptors (Lipinski definition) is 5. The molecule has 3 aromatic heterocycles. The molecule has 0 saturated carbocycles. The number of nitrogens with zero attached hydrogens (tertiary/aromatic N) is 2. The fraction of sp³-hybridized carbons (Fsp3) is 0.0556. The fourth-order valence-corrected chi connectivity index (χ4v) is 2.85. The lowest BCUT2D eigenvalue weighted by atomic mass is 10.0. The molecule has 0 spiro atoms. The van der Waals surface area contributed by atoms with E-state index in [2.05, 4.69) is 15.3 Å². The lowest BCUT2D eigenvalue weighted by Gasteiger charge is -2.16. The Bertz CT molecular complexity index is 1070. The van der Waals surface area contributed by atoms with Gasteiger partial charge in [0.15, 0.2) is 0 Å². The van der Waals surface area contributed by atoms with Crippen molar-refractivity contribution >= 4 is 22.6 Å². The van der Waals surface area contributed by atoms with E-state index in [1.54, 1.807) is 30.6 Å². The maximum Gasteiger partial charge on any atom is 0.433 e. The molecule has 2 N–H and O–H groups in total. The predicted molar refractivity (Wildman–Crippen MR) is 93.3 cm³/mol. The van der Waals surface area contributed by atoms with Crippen molar-refractivity contribution in [2.45, 2.75) is 6.04 Å². The van der Waals surface area contributed by atoms with Crippen LogP contribution < -0.4 is 5.32 Å². The Balaban J connectivity index is 1.83. The van der Waals surface area contributed by atoms with Gasteiger partial charge in [0, 0.05) is 28.9 Å². The summed E-state index contributed by atoms with van der Waals surface area (Å²) in [7, 11) is 0. The molecule has 0 bridgehead atoms. The molecule has 0 aliphatic rings. The normalized spacial score (nSPS) is 12.2. The highest BCUT2D eigenvalue weighted by Gasteiger charge is 2.24. The molecule has 7 nitrogen and oxygen atoms in total. The Hall–Kier alpha value is -3.68. The summed E-state index contributed by atoms with van der Waals surface area (Å²) in [4.78, 5) is 17.7. The summed E-state index contributed by atoms with van der Waals surface area (Å²) in [5, 5.41) is 14.8. The van der Waals surface area contributed by atoms with Crippen LogP contribution in [0.15, 0.2) is 65.3 Å². The second-order valence-corrected chi connectivity index (χ2v) is 5.66. The van der Waals surface area contributed by atoms with Gasteiger partial charge in [-0.25, -0.2) is 9.37 Å². The molecule has 4 aromatic rings. The standard InChI is InChI=1S/C18H13FN4O3/c19-11-4-5-14-12(9-11)13(10-21-14)18(22-16-3-1-2-8-20-16)15-6-7-17(26-15)23(24)25/h1-10,18,21H,(H,20,22). The van der Waals surface area contributed by atoms with E-state index < -0.39 is 11.0 Å². The van der Waals surface area contributed by atoms with E-state index in [9.17, 15) is 14.5 Å². The molecule has 1 aromatic carbocycles. The quantitative estimate of drug-likeness (QED) is 0.410. The Kier molecular flexibility index (Phi) is 3.85. The largest absolute Gasteiger partial charge is 0.433 e. The first-order valence-electron chi connectivity index (χ1n) is 7.80. The van der Waals surface area contributed by atoms with Gasteiger partial charge in [0.2, 0.25) is 0 Å². The third kappa shape index (κ3) is 2.88. The van der Waals surface area contributed by atoms with Gasteiger partial charge < -0.3 is 14.7 Å². The van der Waals surface area contributed by atoms with E-state index in [1.165, 1.54) is 24.3 Å². The molecule has 4 rings (SSSR count). The number of nitrogens with one attached hydrogen (secondary N) is 2. The van der Waals surface area contributed by atoms with Crippen molar-refractivity contribution in [2.75, 3.05) is 5.32 Å². The zero-order chi connectivity index (χ0) is 18.1. The number of fused-ring (bicyclic) bond motifs is 1. The predicted octanol–water partition coefficient (Wildman–Crippen LogP) is 4.40. The molecule has 3 heterocycles. The molecule has 26 heavy (non-hydrogen) atoms. The van der Waals surface area contributed by atoms with E-state index >= 15 is 0 Å². The number of pyridine rings is 1. The lowest BCUT2D eigenvalue weighted by molar-refractivity contribution is -0.402. The van der Waals surface area contributed by atoms with Crippen molar-refractivity contribution in [2.24, 2.45) is 0 Å². The van der Waals surface area contributed by atoms with Crippen LogP contribution in [0.5, 0.6) is 0 Å². The molecule has 0 saturated heterocycles. The number of aromatic nitrogens is 2. The maximum atomic E-state index is 13.7. The minimum atomic E-state index is -0.601. The average molecular weight is 352 g/mol. The number of furan rings is 1. The highest BCUT2D eigenvalue weighted by atomic mass is 19.1. The molecule has 0 fully saturated rings. The van der Waals surface area contributed by atoms with Crippen LogP contribution in [-0.2, 0) is 0 Å². The summed E-state index contributed by atoms with van der Waals surface area (Å²) in [6.07, 6.45) is 3.35. The molecule has 130 valence electrons. The van der Waals surface area contributed by atoms with Gasteiger partial charge in [0.1, 0.15) is 28.4 Å². The van der Waals surface area contributed by atoms with Crippen LogP contribution in [0.2, 0.25) is 0 Å². The number of benzene rings is 1. The molecule has 0 aliphatic heterocycles. The van der Waals surface area contributed by atoms with E-state index in [0.717, 1.165) is 5.52 Å². The Morgan fingerprint density at radius 1 is 1.23 bits per heavy atom. The first-order chi connectivity index (χ1) is 12.6. The highest BCUT2D eigenvalue weighted by molar-refractivity contribution is 5.84. The SMILES string of the molecule is O=[N+]([O-])c1ccc(C(Nc2ccccn2)c2c[nH]c3ccc(F)cc23)o1. The van der Waals surface area contributed by atoms with Crippen molar-refractivity contribution in [3.8, 4) is 0 Å². The summed E-state index contributed by atoms with van der Waals surface area (Å²) in [6, 6.07) is 12.0. The first-order valence-corrected chi connectivity index (χ1v) is 7.80. The number of anilines is 1. The van der Waals surface area contributed by atoms with E-state index in [-0.39, 0.29) is 11.7 Å². The van der Waals surface area contributed by atoms with Crippen LogP contribution in [0.4, 0.5) is 16.1 Å². The third-order valence-electron chi connectivity index (χ3n) is 4.02. The number of H-pyrrole nitrogens is 1. The summed E-state index contributed by atoms with van der Waals surface area (Å²) in [5.74, 6) is 0.147. The van der Waals surface area contributed by atoms with Crippen LogP contribution in [0, 0.1) is 15.9 Å². The summed E-state index contributed by atoms with van der Waals surface area (Å²) < 4.78 is 19.1. The minimum absolute atomic E-state index is 0.326. The van der Waals surface area contributed by atoms with Crippen LogP contribution in [-0.4, -0.2) is 14.9 Å². The Labute approximate surface area is 146 Å². The van der Waals surface area contributed by atoms with Crippen LogP contribution >= 0.6 is 0 Å². The monoisotopic (exact) mass is 352 g/mol. The lowest BCUT2D eigenvalue weighted by Crippen LogP contribution is -2.12. The summed E-state index contributed by atoms with van der Waals surface area (Å²) in [5.41, 5.74) is 1.43. The van der Waals surface area contributed by atoms with E-state index in [0.29, 0.717) is 22.5 Å². The highest BCUT2D eigenvalue weighted by Crippen LogP contribution is 2.34. The summed E-state index contributed by atoms with van der Waals surface area (Å²) >= 11 is 0. The Morgan fingerprint density at radius 3 is 2.85 bits per heavy atom. The van der Waals surface area contributed by atoms with Crippen molar-refractivity contribution in [1.82, 2.24) is 9.97 Å². The van der Waals surface area contributed by atoms with Crippen LogP contribution in [0.1, 0.15) is 17.4 Å². The van der Waals surface area contributed by atoms with Gasteiger partial charge in [0.05, 0.1) is 6.07 Å². The third-order valence-corrected chi connectivity index (χ3v) is 4.02. The van der Waals surface area contributed by atoms with Gasteiger partial charge in [-0.2, -0.15) is 0 Å². The molecule has 1 atom stereocenters. The smallest absolute Gasteiger partial charge is 0.403 e. The second-order valence-electron chi connectivity index (χ2n) is 5.66. The minimum Gasteiger partial charge on any atom is -0.403 e. The van der Waals surface area contributed by atoms with Gasteiger partial charge in [0.25, 0.3) is 0 Å². The van der Waals surface area contributed by atoms with Gasteiger partial charge in [-0.05, 0) is 36.4 Å². The van der Waals surface area contributed by atoms with Gasteiger partial charge >= 0.3 is 5.88 Å². The van der Waals surface area contributed by atoms with Gasteiger partial charge in [-0.1, -0.05) is 6.07 Å². The zero-order valence-corrected chi connectivity index (χ0v) is 13.3. The van der Waals surface area contributed by atoms with E-state index in [1.807, 2.05) is 6.07 Å². The van der Waals surface area contributed by atoms with Crippen molar-refractivity contribution < 1.29 is 13.7 Å². The first kappa shape index (κ1) is 15.8. The fourth-order valence-electron chi connectivity index (χ4n) is 2.85. The maximum absolute atomic E-state index is 13.7. The number of nitro groups is 1. The summed E-state index contributed by atoms with van der Waals surface area (Å²) in [6.45, 7) is 0. The van der Waals surface area contributed by atoms with Gasteiger partial charge in [-0.15, -0.1) is 0 Å². The Morgan fingerprint density at radius 2 is 2.12 bits per heavy atom. The molecular formula is C18H13FN4O3. The molecule has 1 unspecified atom stereocenters. The van der Waals surface area contributed by atoms with Crippen LogP contribution in [0.3, 0.4) is 0 Å². The molecule has 0 radical (unpaired) electrons. The number of aromatic amines is 1. The number of rotatable bonds is 5. The van der Waals surface area contributed by atoms with Crippen molar-refractivity contribution in [3.05, 3.63) is 88.2 Å². The number of halogens is 1. The van der Waals surface area contributed by atoms with Crippen LogP contribution in [0.25, 0.3) is 10.9 Å². The van der Waals surface area contributed by atoms with Crippen molar-refractivity contribution in [3.63, 3.8) is 0 Å². The van der Waals surface area contributed by atoms with Crippen molar-refractivity contribution in [1.29, 1.82) is 0 Å². The zero-order valence-electron chi connectivity index (χ0n) is 13.3. The molecule has 0 aliphatic carbocycles. The molecular weight excluding hydrogens is 339 g/mol. The molecule has 8 heteroatoms. The average Bonchev–Trinajstić information content (AvgIpc) is 3.28. The second kappa shape index (κ2) is 6.32. The number of hydrogen-bond donors (Lipinski definition) is 2.